The monoisotopic (exact) mass is 238 g/mol. The van der Waals surface area contributed by atoms with Gasteiger partial charge in [-0.15, -0.1) is 0 Å². The quantitative estimate of drug-likeness (QED) is 0.791. The lowest BCUT2D eigenvalue weighted by Gasteiger charge is -2.27. The zero-order valence-corrected chi connectivity index (χ0v) is 11.7. The minimum Gasteiger partial charge on any atom is -0.472 e. The molecule has 1 aromatic heterocycles. The molecule has 1 N–H and O–H groups in total. The number of furan rings is 1. The lowest BCUT2D eigenvalue weighted by Crippen LogP contribution is -2.40. The molecule has 1 heterocycles. The van der Waals surface area contributed by atoms with E-state index in [9.17, 15) is 0 Å². The summed E-state index contributed by atoms with van der Waals surface area (Å²) < 4.78 is 5.13. The van der Waals surface area contributed by atoms with Crippen LogP contribution in [0.5, 0.6) is 0 Å². The van der Waals surface area contributed by atoms with E-state index in [1.54, 1.807) is 6.26 Å². The Hall–Kier alpha value is -0.800. The molecule has 1 rings (SSSR count). The topological polar surface area (TPSA) is 28.4 Å². The maximum Gasteiger partial charge on any atom is 0.0950 e. The molecular weight excluding hydrogens is 212 g/mol. The molecule has 0 bridgehead atoms. The number of likely N-dealkylation sites (N-methyl/N-ethyl adjacent to an activating group) is 1. The van der Waals surface area contributed by atoms with Crippen LogP contribution in [0, 0.1) is 5.92 Å². The molecule has 0 aliphatic heterocycles. The van der Waals surface area contributed by atoms with Crippen molar-refractivity contribution in [1.82, 2.24) is 10.2 Å². The van der Waals surface area contributed by atoms with Crippen molar-refractivity contribution < 1.29 is 4.42 Å². The Kier molecular flexibility index (Phi) is 5.72. The van der Waals surface area contributed by atoms with Crippen molar-refractivity contribution in [3.63, 3.8) is 0 Å². The summed E-state index contributed by atoms with van der Waals surface area (Å²) in [5, 5.41) is 3.68. The normalized spacial score (nSPS) is 15.5. The van der Waals surface area contributed by atoms with E-state index in [0.717, 1.165) is 6.54 Å². The molecule has 0 aliphatic rings. The predicted octanol–water partition coefficient (Wildman–Crippen LogP) is 2.91. The van der Waals surface area contributed by atoms with E-state index >= 15 is 0 Å². The second-order valence-electron chi connectivity index (χ2n) is 5.53. The number of rotatable bonds is 7. The summed E-state index contributed by atoms with van der Waals surface area (Å²) in [6.07, 6.45) is 4.75. The maximum absolute atomic E-state index is 5.13. The van der Waals surface area contributed by atoms with Crippen molar-refractivity contribution in [2.45, 2.75) is 39.3 Å². The largest absolute Gasteiger partial charge is 0.472 e. The van der Waals surface area contributed by atoms with Gasteiger partial charge in [-0.3, -0.25) is 0 Å². The zero-order chi connectivity index (χ0) is 12.8. The highest BCUT2D eigenvalue weighted by Crippen LogP contribution is 2.15. The minimum atomic E-state index is 0.345. The number of hydrogen-bond acceptors (Lipinski definition) is 3. The first-order valence-corrected chi connectivity index (χ1v) is 6.42. The number of nitrogens with one attached hydrogen (secondary N) is 1. The van der Waals surface area contributed by atoms with E-state index in [1.807, 2.05) is 12.3 Å². The van der Waals surface area contributed by atoms with Crippen LogP contribution in [0.3, 0.4) is 0 Å². The van der Waals surface area contributed by atoms with Gasteiger partial charge in [0.2, 0.25) is 0 Å². The van der Waals surface area contributed by atoms with E-state index in [-0.39, 0.29) is 0 Å². The summed E-state index contributed by atoms with van der Waals surface area (Å²) in [7, 11) is 4.25. The highest BCUT2D eigenvalue weighted by Gasteiger charge is 2.16. The van der Waals surface area contributed by atoms with E-state index in [1.165, 1.54) is 12.0 Å². The van der Waals surface area contributed by atoms with Crippen molar-refractivity contribution >= 4 is 0 Å². The highest BCUT2D eigenvalue weighted by molar-refractivity contribution is 5.10. The summed E-state index contributed by atoms with van der Waals surface area (Å²) in [5.41, 5.74) is 1.22. The fourth-order valence-electron chi connectivity index (χ4n) is 2.18. The van der Waals surface area contributed by atoms with E-state index in [2.05, 4.69) is 45.1 Å². The van der Waals surface area contributed by atoms with Crippen LogP contribution < -0.4 is 5.32 Å². The Morgan fingerprint density at radius 3 is 2.47 bits per heavy atom. The molecule has 17 heavy (non-hydrogen) atoms. The molecule has 0 aliphatic carbocycles. The Labute approximate surface area is 105 Å². The Morgan fingerprint density at radius 2 is 2.00 bits per heavy atom. The zero-order valence-electron chi connectivity index (χ0n) is 11.7. The van der Waals surface area contributed by atoms with Gasteiger partial charge in [-0.2, -0.15) is 0 Å². The van der Waals surface area contributed by atoms with Crippen molar-refractivity contribution in [1.29, 1.82) is 0 Å². The third-order valence-corrected chi connectivity index (χ3v) is 2.87. The molecular formula is C14H26N2O. The Balaban J connectivity index is 2.52. The highest BCUT2D eigenvalue weighted by atomic mass is 16.3. The summed E-state index contributed by atoms with van der Waals surface area (Å²) in [4.78, 5) is 2.24. The molecule has 2 unspecified atom stereocenters. The van der Waals surface area contributed by atoms with Gasteiger partial charge in [-0.1, -0.05) is 13.8 Å². The fourth-order valence-corrected chi connectivity index (χ4v) is 2.18. The van der Waals surface area contributed by atoms with Crippen LogP contribution in [-0.4, -0.2) is 31.6 Å². The summed E-state index contributed by atoms with van der Waals surface area (Å²) in [6, 6.07) is 2.90. The SMILES string of the molecule is CC(C)CC(CN(C)C)NC(C)c1ccoc1. The smallest absolute Gasteiger partial charge is 0.0950 e. The van der Waals surface area contributed by atoms with E-state index in [4.69, 9.17) is 4.42 Å². The standard InChI is InChI=1S/C14H26N2O/c1-11(2)8-14(9-16(4)5)15-12(3)13-6-7-17-10-13/h6-7,10-12,14-15H,8-9H2,1-5H3. The maximum atomic E-state index is 5.13. The molecule has 2 atom stereocenters. The van der Waals surface area contributed by atoms with E-state index < -0.39 is 0 Å². The lowest BCUT2D eigenvalue weighted by atomic mass is 10.0. The van der Waals surface area contributed by atoms with Crippen LogP contribution in [0.15, 0.2) is 23.0 Å². The van der Waals surface area contributed by atoms with Crippen molar-refractivity contribution in [3.8, 4) is 0 Å². The van der Waals surface area contributed by atoms with Crippen LogP contribution in [0.25, 0.3) is 0 Å². The molecule has 3 heteroatoms. The minimum absolute atomic E-state index is 0.345. The van der Waals surface area contributed by atoms with Gasteiger partial charge >= 0.3 is 0 Å². The van der Waals surface area contributed by atoms with Crippen LogP contribution in [0.1, 0.15) is 38.8 Å². The van der Waals surface area contributed by atoms with Crippen molar-refractivity contribution in [2.24, 2.45) is 5.92 Å². The molecule has 0 saturated heterocycles. The third-order valence-electron chi connectivity index (χ3n) is 2.87. The number of nitrogens with zero attached hydrogens (tertiary/aromatic N) is 1. The van der Waals surface area contributed by atoms with Gasteiger partial charge in [-0.25, -0.2) is 0 Å². The van der Waals surface area contributed by atoms with Gasteiger partial charge in [0, 0.05) is 24.2 Å². The number of hydrogen-bond donors (Lipinski definition) is 1. The summed E-state index contributed by atoms with van der Waals surface area (Å²) in [5.74, 6) is 0.712. The van der Waals surface area contributed by atoms with Crippen LogP contribution >= 0.6 is 0 Å². The molecule has 3 nitrogen and oxygen atoms in total. The first-order chi connectivity index (χ1) is 7.99. The average molecular weight is 238 g/mol. The summed E-state index contributed by atoms with van der Waals surface area (Å²) in [6.45, 7) is 7.80. The molecule has 98 valence electrons. The molecule has 0 spiro atoms. The van der Waals surface area contributed by atoms with Gasteiger partial charge in [0.1, 0.15) is 0 Å². The molecule has 0 saturated carbocycles. The lowest BCUT2D eigenvalue weighted by molar-refractivity contribution is 0.290. The third kappa shape index (κ3) is 5.37. The van der Waals surface area contributed by atoms with Crippen LogP contribution in [-0.2, 0) is 0 Å². The van der Waals surface area contributed by atoms with Crippen molar-refractivity contribution in [3.05, 3.63) is 24.2 Å². The van der Waals surface area contributed by atoms with Gasteiger partial charge in [0.15, 0.2) is 0 Å². The molecule has 0 fully saturated rings. The Morgan fingerprint density at radius 1 is 1.29 bits per heavy atom. The molecule has 0 amide bonds. The van der Waals surface area contributed by atoms with Crippen LogP contribution in [0.4, 0.5) is 0 Å². The van der Waals surface area contributed by atoms with E-state index in [0.29, 0.717) is 18.0 Å². The first kappa shape index (κ1) is 14.3. The van der Waals surface area contributed by atoms with Gasteiger partial charge in [-0.05, 0) is 39.4 Å². The first-order valence-electron chi connectivity index (χ1n) is 6.42. The van der Waals surface area contributed by atoms with Gasteiger partial charge in [0.25, 0.3) is 0 Å². The second kappa shape index (κ2) is 6.82. The Bertz CT molecular complexity index is 283. The summed E-state index contributed by atoms with van der Waals surface area (Å²) >= 11 is 0. The van der Waals surface area contributed by atoms with Gasteiger partial charge in [0.05, 0.1) is 12.5 Å². The molecule has 0 radical (unpaired) electrons. The fraction of sp³-hybridized carbons (Fsp3) is 0.714. The average Bonchev–Trinajstić information content (AvgIpc) is 2.67. The predicted molar refractivity (Wildman–Crippen MR) is 72.1 cm³/mol. The molecule has 1 aromatic rings. The molecule has 0 aromatic carbocycles. The van der Waals surface area contributed by atoms with Gasteiger partial charge < -0.3 is 14.6 Å². The second-order valence-corrected chi connectivity index (χ2v) is 5.53. The van der Waals surface area contributed by atoms with Crippen LogP contribution in [0.2, 0.25) is 0 Å². The van der Waals surface area contributed by atoms with Crippen molar-refractivity contribution in [2.75, 3.05) is 20.6 Å².